The zero-order chi connectivity index (χ0) is 22.5. The third-order valence-corrected chi connectivity index (χ3v) is 8.08. The highest BCUT2D eigenvalue weighted by molar-refractivity contribution is 6.04. The highest BCUT2D eigenvalue weighted by Gasteiger charge is 2.51. The van der Waals surface area contributed by atoms with Crippen molar-refractivity contribution in [3.8, 4) is 5.75 Å². The van der Waals surface area contributed by atoms with Gasteiger partial charge in [-0.3, -0.25) is 9.59 Å². The lowest BCUT2D eigenvalue weighted by Gasteiger charge is -2.49. The molecule has 6 nitrogen and oxygen atoms in total. The van der Waals surface area contributed by atoms with Crippen LogP contribution in [0.3, 0.4) is 0 Å². The zero-order valence-electron chi connectivity index (χ0n) is 19.5. The van der Waals surface area contributed by atoms with Crippen molar-refractivity contribution in [3.63, 3.8) is 0 Å². The largest absolute Gasteiger partial charge is 0.497 e. The minimum atomic E-state index is -0.910. The van der Waals surface area contributed by atoms with E-state index in [9.17, 15) is 9.59 Å². The lowest BCUT2D eigenvalue weighted by atomic mass is 9.82. The number of carbonyl (C=O) groups is 2. The molecule has 1 N–H and O–H groups in total. The molecule has 0 saturated heterocycles. The van der Waals surface area contributed by atoms with Crippen LogP contribution in [0.4, 0.5) is 0 Å². The van der Waals surface area contributed by atoms with E-state index >= 15 is 0 Å². The number of ether oxygens (including phenoxy) is 1. The summed E-state index contributed by atoms with van der Waals surface area (Å²) < 4.78 is 7.47. The molecule has 1 aromatic heterocycles. The molecular formula is C26H35N3O3. The molecular weight excluding hydrogens is 402 g/mol. The molecule has 2 aromatic rings. The Morgan fingerprint density at radius 3 is 2.50 bits per heavy atom. The number of amides is 2. The van der Waals surface area contributed by atoms with Gasteiger partial charge in [-0.1, -0.05) is 19.8 Å². The number of benzene rings is 1. The van der Waals surface area contributed by atoms with E-state index < -0.39 is 5.54 Å². The molecule has 172 valence electrons. The molecule has 2 fully saturated rings. The van der Waals surface area contributed by atoms with E-state index in [-0.39, 0.29) is 23.9 Å². The minimum absolute atomic E-state index is 0.00762. The topological polar surface area (TPSA) is 63.6 Å². The van der Waals surface area contributed by atoms with Gasteiger partial charge in [0.05, 0.1) is 19.2 Å². The van der Waals surface area contributed by atoms with Gasteiger partial charge in [0.15, 0.2) is 0 Å². The molecule has 0 spiro atoms. The first-order valence-corrected chi connectivity index (χ1v) is 12.2. The third-order valence-electron chi connectivity index (χ3n) is 8.08. The van der Waals surface area contributed by atoms with Crippen LogP contribution in [0.2, 0.25) is 0 Å². The van der Waals surface area contributed by atoms with Gasteiger partial charge in [0.25, 0.3) is 5.91 Å². The molecule has 0 unspecified atom stereocenters. The molecule has 6 heteroatoms. The number of carbonyl (C=O) groups excluding carboxylic acids is 2. The molecule has 2 aliphatic carbocycles. The van der Waals surface area contributed by atoms with E-state index in [1.54, 1.807) is 7.11 Å². The maximum Gasteiger partial charge on any atom is 0.271 e. The van der Waals surface area contributed by atoms with Gasteiger partial charge in [-0.25, -0.2) is 0 Å². The van der Waals surface area contributed by atoms with Crippen molar-refractivity contribution in [3.05, 3.63) is 30.0 Å². The van der Waals surface area contributed by atoms with E-state index in [1.165, 1.54) is 0 Å². The Kier molecular flexibility index (Phi) is 5.42. The van der Waals surface area contributed by atoms with Crippen molar-refractivity contribution in [2.45, 2.75) is 89.4 Å². The van der Waals surface area contributed by atoms with Crippen LogP contribution < -0.4 is 10.1 Å². The summed E-state index contributed by atoms with van der Waals surface area (Å²) in [5, 5.41) is 4.32. The van der Waals surface area contributed by atoms with Crippen LogP contribution in [-0.2, 0) is 11.3 Å². The summed E-state index contributed by atoms with van der Waals surface area (Å²) in [5.41, 5.74) is 0.718. The normalized spacial score (nSPS) is 28.7. The van der Waals surface area contributed by atoms with Crippen molar-refractivity contribution in [2.24, 2.45) is 5.92 Å². The van der Waals surface area contributed by atoms with Gasteiger partial charge >= 0.3 is 0 Å². The third kappa shape index (κ3) is 3.48. The molecule has 0 bridgehead atoms. The highest BCUT2D eigenvalue weighted by Crippen LogP contribution is 2.39. The van der Waals surface area contributed by atoms with Crippen LogP contribution in [0.15, 0.2) is 24.3 Å². The summed E-state index contributed by atoms with van der Waals surface area (Å²) in [6.45, 7) is 4.73. The molecule has 1 aromatic carbocycles. The number of methoxy groups -OCH3 is 1. The summed E-state index contributed by atoms with van der Waals surface area (Å²) in [5.74, 6) is 1.41. The number of aromatic nitrogens is 1. The van der Waals surface area contributed by atoms with E-state index in [2.05, 4.69) is 12.2 Å². The average molecular weight is 438 g/mol. The summed E-state index contributed by atoms with van der Waals surface area (Å²) in [7, 11) is 1.65. The first-order chi connectivity index (χ1) is 15.4. The van der Waals surface area contributed by atoms with Crippen LogP contribution in [0.1, 0.15) is 75.7 Å². The number of nitrogens with zero attached hydrogens (tertiary/aromatic N) is 2. The van der Waals surface area contributed by atoms with Crippen LogP contribution in [0, 0.1) is 5.92 Å². The van der Waals surface area contributed by atoms with Crippen molar-refractivity contribution in [1.29, 1.82) is 0 Å². The Morgan fingerprint density at radius 2 is 1.81 bits per heavy atom. The van der Waals surface area contributed by atoms with Crippen molar-refractivity contribution in [1.82, 2.24) is 14.8 Å². The smallest absolute Gasteiger partial charge is 0.271 e. The van der Waals surface area contributed by atoms with Crippen molar-refractivity contribution in [2.75, 3.05) is 7.11 Å². The van der Waals surface area contributed by atoms with Crippen LogP contribution >= 0.6 is 0 Å². The number of rotatable bonds is 4. The fraction of sp³-hybridized carbons (Fsp3) is 0.615. The summed E-state index contributed by atoms with van der Waals surface area (Å²) in [6.07, 6.45) is 8.54. The van der Waals surface area contributed by atoms with Gasteiger partial charge in [-0.15, -0.1) is 0 Å². The molecule has 5 rings (SSSR count). The Bertz CT molecular complexity index is 1030. The van der Waals surface area contributed by atoms with Gasteiger partial charge in [-0.2, -0.15) is 0 Å². The Balaban J connectivity index is 1.57. The molecule has 0 radical (unpaired) electrons. The van der Waals surface area contributed by atoms with E-state index in [4.69, 9.17) is 4.74 Å². The predicted octanol–water partition coefficient (Wildman–Crippen LogP) is 4.50. The second kappa shape index (κ2) is 8.13. The molecule has 2 amide bonds. The predicted molar refractivity (Wildman–Crippen MR) is 125 cm³/mol. The summed E-state index contributed by atoms with van der Waals surface area (Å²) >= 11 is 0. The number of nitrogens with one attached hydrogen (secondary N) is 1. The number of hydrogen-bond donors (Lipinski definition) is 1. The Morgan fingerprint density at radius 1 is 1.09 bits per heavy atom. The maximum absolute atomic E-state index is 14.0. The van der Waals surface area contributed by atoms with Gasteiger partial charge in [-0.05, 0) is 69.6 Å². The van der Waals surface area contributed by atoms with Gasteiger partial charge < -0.3 is 19.5 Å². The molecule has 1 atom stereocenters. The first-order valence-electron chi connectivity index (χ1n) is 12.2. The number of hydrogen-bond acceptors (Lipinski definition) is 3. The van der Waals surface area contributed by atoms with E-state index in [1.807, 2.05) is 40.7 Å². The fourth-order valence-electron chi connectivity index (χ4n) is 6.10. The van der Waals surface area contributed by atoms with Crippen LogP contribution in [0.25, 0.3) is 10.9 Å². The molecule has 2 saturated carbocycles. The Hall–Kier alpha value is -2.50. The first kappa shape index (κ1) is 21.4. The second-order valence-electron chi connectivity index (χ2n) is 10.4. The lowest BCUT2D eigenvalue weighted by molar-refractivity contribution is -0.135. The average Bonchev–Trinajstić information content (AvgIpc) is 3.42. The monoisotopic (exact) mass is 437 g/mol. The lowest BCUT2D eigenvalue weighted by Crippen LogP contribution is -2.67. The standard InChI is InChI=1S/C26H35N3O3/c1-17-8-11-20(12-9-17)29-24(30)23-14-18-10-13-21(32-3)15-22(18)28(23)16-26(29,2)25(31)27-19-6-4-5-7-19/h10,13-15,17,19-20H,4-9,11-12,16H2,1-3H3,(H,27,31)/t17?,20?,26-/m0/s1. The molecule has 2 heterocycles. The van der Waals surface area contributed by atoms with Crippen LogP contribution in [0.5, 0.6) is 5.75 Å². The Labute approximate surface area is 190 Å². The minimum Gasteiger partial charge on any atom is -0.497 e. The van der Waals surface area contributed by atoms with Gasteiger partial charge in [0.1, 0.15) is 17.0 Å². The zero-order valence-corrected chi connectivity index (χ0v) is 19.5. The van der Waals surface area contributed by atoms with E-state index in [0.717, 1.165) is 68.0 Å². The molecule has 3 aliphatic rings. The highest BCUT2D eigenvalue weighted by atomic mass is 16.5. The maximum atomic E-state index is 14.0. The van der Waals surface area contributed by atoms with Gasteiger partial charge in [0.2, 0.25) is 5.91 Å². The molecule has 32 heavy (non-hydrogen) atoms. The van der Waals surface area contributed by atoms with E-state index in [0.29, 0.717) is 18.2 Å². The summed E-state index contributed by atoms with van der Waals surface area (Å²) in [6, 6.07) is 8.20. The quantitative estimate of drug-likeness (QED) is 0.766. The van der Waals surface area contributed by atoms with Crippen molar-refractivity contribution < 1.29 is 14.3 Å². The fourth-order valence-corrected chi connectivity index (χ4v) is 6.10. The van der Waals surface area contributed by atoms with Gasteiger partial charge in [0, 0.05) is 23.5 Å². The van der Waals surface area contributed by atoms with Crippen LogP contribution in [-0.4, -0.2) is 46.0 Å². The SMILES string of the molecule is COc1ccc2cc3n(c2c1)C[C@@](C)(C(=O)NC1CCCC1)N(C1CCC(C)CC1)C3=O. The number of fused-ring (bicyclic) bond motifs is 3. The van der Waals surface area contributed by atoms with Crippen molar-refractivity contribution >= 4 is 22.7 Å². The summed E-state index contributed by atoms with van der Waals surface area (Å²) in [4.78, 5) is 29.7. The molecule has 1 aliphatic heterocycles. The second-order valence-corrected chi connectivity index (χ2v) is 10.4.